The number of rotatable bonds is 4. The predicted octanol–water partition coefficient (Wildman–Crippen LogP) is 2.72. The maximum atomic E-state index is 11.7. The smallest absolute Gasteiger partial charge is 0.262 e. The molecule has 1 amide bonds. The highest BCUT2D eigenvalue weighted by molar-refractivity contribution is 5.93. The van der Waals surface area contributed by atoms with E-state index in [-0.39, 0.29) is 18.3 Å². The number of carbonyl (C=O) groups excluding carboxylic acids is 1. The SMILES string of the molecule is Cc1ccc(NC(=O)COc2ccccc2)c(O)c1. The van der Waals surface area contributed by atoms with Crippen molar-refractivity contribution in [3.05, 3.63) is 54.1 Å². The topological polar surface area (TPSA) is 58.6 Å². The Labute approximate surface area is 111 Å². The van der Waals surface area contributed by atoms with Gasteiger partial charge in [-0.2, -0.15) is 0 Å². The Morgan fingerprint density at radius 1 is 1.21 bits per heavy atom. The van der Waals surface area contributed by atoms with E-state index in [1.807, 2.05) is 31.2 Å². The number of hydrogen-bond donors (Lipinski definition) is 2. The highest BCUT2D eigenvalue weighted by Crippen LogP contribution is 2.23. The van der Waals surface area contributed by atoms with Crippen LogP contribution in [0.3, 0.4) is 0 Å². The molecule has 98 valence electrons. The van der Waals surface area contributed by atoms with Crippen LogP contribution in [0.15, 0.2) is 48.5 Å². The van der Waals surface area contributed by atoms with Gasteiger partial charge in [0.25, 0.3) is 5.91 Å². The second kappa shape index (κ2) is 5.91. The van der Waals surface area contributed by atoms with E-state index in [4.69, 9.17) is 4.74 Å². The van der Waals surface area contributed by atoms with Crippen LogP contribution in [0.4, 0.5) is 5.69 Å². The largest absolute Gasteiger partial charge is 0.506 e. The molecular weight excluding hydrogens is 242 g/mol. The molecule has 0 aliphatic carbocycles. The number of nitrogens with one attached hydrogen (secondary N) is 1. The summed E-state index contributed by atoms with van der Waals surface area (Å²) in [5.41, 5.74) is 1.31. The van der Waals surface area contributed by atoms with Crippen LogP contribution in [0.5, 0.6) is 11.5 Å². The van der Waals surface area contributed by atoms with Gasteiger partial charge in [-0.25, -0.2) is 0 Å². The number of ether oxygens (including phenoxy) is 1. The molecule has 4 heteroatoms. The normalized spacial score (nSPS) is 9.95. The Hall–Kier alpha value is -2.49. The quantitative estimate of drug-likeness (QED) is 0.828. The van der Waals surface area contributed by atoms with Crippen molar-refractivity contribution in [2.45, 2.75) is 6.92 Å². The minimum Gasteiger partial charge on any atom is -0.506 e. The molecule has 2 aromatic rings. The van der Waals surface area contributed by atoms with Gasteiger partial charge >= 0.3 is 0 Å². The van der Waals surface area contributed by atoms with Crippen LogP contribution in [-0.2, 0) is 4.79 Å². The van der Waals surface area contributed by atoms with Gasteiger partial charge in [-0.05, 0) is 36.8 Å². The van der Waals surface area contributed by atoms with Gasteiger partial charge in [0.1, 0.15) is 11.5 Å². The molecule has 4 nitrogen and oxygen atoms in total. The number of phenolic OH excluding ortho intramolecular Hbond substituents is 1. The first-order valence-corrected chi connectivity index (χ1v) is 5.92. The van der Waals surface area contributed by atoms with Crippen molar-refractivity contribution in [3.63, 3.8) is 0 Å². The molecule has 0 fully saturated rings. The first-order valence-electron chi connectivity index (χ1n) is 5.92. The zero-order valence-corrected chi connectivity index (χ0v) is 10.6. The summed E-state index contributed by atoms with van der Waals surface area (Å²) in [5.74, 6) is 0.363. The number of hydrogen-bond acceptors (Lipinski definition) is 3. The molecule has 0 aliphatic heterocycles. The van der Waals surface area contributed by atoms with Crippen molar-refractivity contribution in [2.24, 2.45) is 0 Å². The molecule has 0 saturated carbocycles. The average molecular weight is 257 g/mol. The van der Waals surface area contributed by atoms with E-state index in [9.17, 15) is 9.90 Å². The molecule has 2 N–H and O–H groups in total. The van der Waals surface area contributed by atoms with Crippen molar-refractivity contribution in [2.75, 3.05) is 11.9 Å². The minimum atomic E-state index is -0.317. The van der Waals surface area contributed by atoms with E-state index in [1.165, 1.54) is 0 Å². The molecular formula is C15H15NO3. The first kappa shape index (κ1) is 13.0. The predicted molar refractivity (Wildman–Crippen MR) is 73.4 cm³/mol. The molecule has 0 radical (unpaired) electrons. The van der Waals surface area contributed by atoms with Gasteiger partial charge in [0, 0.05) is 0 Å². The fourth-order valence-corrected chi connectivity index (χ4v) is 1.60. The highest BCUT2D eigenvalue weighted by atomic mass is 16.5. The van der Waals surface area contributed by atoms with Gasteiger partial charge in [-0.1, -0.05) is 24.3 Å². The Balaban J connectivity index is 1.91. The zero-order chi connectivity index (χ0) is 13.7. The molecule has 0 atom stereocenters. The summed E-state index contributed by atoms with van der Waals surface area (Å²) in [4.78, 5) is 11.7. The van der Waals surface area contributed by atoms with E-state index < -0.39 is 0 Å². The third-order valence-electron chi connectivity index (χ3n) is 2.54. The summed E-state index contributed by atoms with van der Waals surface area (Å²) in [6.07, 6.45) is 0. The van der Waals surface area contributed by atoms with E-state index in [0.29, 0.717) is 11.4 Å². The molecule has 0 saturated heterocycles. The van der Waals surface area contributed by atoms with Crippen LogP contribution < -0.4 is 10.1 Å². The Morgan fingerprint density at radius 3 is 2.63 bits per heavy atom. The minimum absolute atomic E-state index is 0.0491. The second-order valence-corrected chi connectivity index (χ2v) is 4.17. The zero-order valence-electron chi connectivity index (χ0n) is 10.6. The van der Waals surface area contributed by atoms with Crippen molar-refractivity contribution in [1.82, 2.24) is 0 Å². The van der Waals surface area contributed by atoms with Gasteiger partial charge in [0.2, 0.25) is 0 Å². The lowest BCUT2D eigenvalue weighted by molar-refractivity contribution is -0.118. The van der Waals surface area contributed by atoms with Crippen LogP contribution in [0, 0.1) is 6.92 Å². The number of para-hydroxylation sites is 1. The van der Waals surface area contributed by atoms with E-state index in [1.54, 1.807) is 24.3 Å². The highest BCUT2D eigenvalue weighted by Gasteiger charge is 2.07. The Kier molecular flexibility index (Phi) is 4.03. The van der Waals surface area contributed by atoms with Crippen molar-refractivity contribution >= 4 is 11.6 Å². The van der Waals surface area contributed by atoms with Gasteiger partial charge in [0.15, 0.2) is 6.61 Å². The summed E-state index contributed by atoms with van der Waals surface area (Å²) in [5, 5.41) is 12.3. The number of aromatic hydroxyl groups is 1. The van der Waals surface area contributed by atoms with Crippen LogP contribution in [0.25, 0.3) is 0 Å². The third-order valence-corrected chi connectivity index (χ3v) is 2.54. The monoisotopic (exact) mass is 257 g/mol. The van der Waals surface area contributed by atoms with E-state index >= 15 is 0 Å². The molecule has 0 bridgehead atoms. The van der Waals surface area contributed by atoms with Gasteiger partial charge < -0.3 is 15.2 Å². The Morgan fingerprint density at radius 2 is 1.95 bits per heavy atom. The molecule has 2 rings (SSSR count). The first-order chi connectivity index (χ1) is 9.15. The number of aryl methyl sites for hydroxylation is 1. The average Bonchev–Trinajstić information content (AvgIpc) is 2.41. The lowest BCUT2D eigenvalue weighted by atomic mass is 10.2. The maximum Gasteiger partial charge on any atom is 0.262 e. The maximum absolute atomic E-state index is 11.7. The molecule has 0 aromatic heterocycles. The fourth-order valence-electron chi connectivity index (χ4n) is 1.60. The third kappa shape index (κ3) is 3.74. The molecule has 2 aromatic carbocycles. The number of amides is 1. The van der Waals surface area contributed by atoms with Crippen LogP contribution >= 0.6 is 0 Å². The van der Waals surface area contributed by atoms with Crippen molar-refractivity contribution in [3.8, 4) is 11.5 Å². The lowest BCUT2D eigenvalue weighted by Gasteiger charge is -2.09. The lowest BCUT2D eigenvalue weighted by Crippen LogP contribution is -2.20. The van der Waals surface area contributed by atoms with Gasteiger partial charge in [-0.3, -0.25) is 4.79 Å². The van der Waals surface area contributed by atoms with Crippen LogP contribution in [-0.4, -0.2) is 17.6 Å². The molecule has 0 unspecified atom stereocenters. The fraction of sp³-hybridized carbons (Fsp3) is 0.133. The summed E-state index contributed by atoms with van der Waals surface area (Å²) in [7, 11) is 0. The molecule has 19 heavy (non-hydrogen) atoms. The molecule has 0 spiro atoms. The summed E-state index contributed by atoms with van der Waals surface area (Å²) < 4.78 is 5.31. The summed E-state index contributed by atoms with van der Waals surface area (Å²) in [6, 6.07) is 14.1. The standard InChI is InChI=1S/C15H15NO3/c1-11-7-8-13(14(17)9-11)16-15(18)10-19-12-5-3-2-4-6-12/h2-9,17H,10H2,1H3,(H,16,18). The van der Waals surface area contributed by atoms with Crippen LogP contribution in [0.1, 0.15) is 5.56 Å². The number of benzene rings is 2. The number of phenols is 1. The molecule has 0 heterocycles. The Bertz CT molecular complexity index is 567. The number of anilines is 1. The second-order valence-electron chi connectivity index (χ2n) is 4.17. The van der Waals surface area contributed by atoms with Crippen LogP contribution in [0.2, 0.25) is 0 Å². The summed E-state index contributed by atoms with van der Waals surface area (Å²) in [6.45, 7) is 1.77. The van der Waals surface area contributed by atoms with E-state index in [0.717, 1.165) is 5.56 Å². The molecule has 0 aliphatic rings. The van der Waals surface area contributed by atoms with Crippen molar-refractivity contribution < 1.29 is 14.6 Å². The van der Waals surface area contributed by atoms with E-state index in [2.05, 4.69) is 5.32 Å². The van der Waals surface area contributed by atoms with Crippen molar-refractivity contribution in [1.29, 1.82) is 0 Å². The number of carbonyl (C=O) groups is 1. The van der Waals surface area contributed by atoms with Gasteiger partial charge in [-0.15, -0.1) is 0 Å². The summed E-state index contributed by atoms with van der Waals surface area (Å²) >= 11 is 0. The van der Waals surface area contributed by atoms with Gasteiger partial charge in [0.05, 0.1) is 5.69 Å².